The minimum Gasteiger partial charge on any atom is -0.300 e. The fraction of sp³-hybridized carbons (Fsp3) is 1.00. The average Bonchev–Trinajstić information content (AvgIpc) is 1.82. The lowest BCUT2D eigenvalue weighted by Gasteiger charge is -2.56. The zero-order valence-electron chi connectivity index (χ0n) is 5.71. The Morgan fingerprint density at radius 2 is 2.44 bits per heavy atom. The summed E-state index contributed by atoms with van der Waals surface area (Å²) in [7, 11) is 5.45. The van der Waals surface area contributed by atoms with E-state index in [1.165, 1.54) is 25.9 Å². The van der Waals surface area contributed by atoms with Crippen molar-refractivity contribution in [3.05, 3.63) is 0 Å². The van der Waals surface area contributed by atoms with Crippen LogP contribution in [0.4, 0.5) is 0 Å². The molecule has 2 rings (SSSR count). The van der Waals surface area contributed by atoms with Crippen molar-refractivity contribution < 1.29 is 0 Å². The lowest BCUT2D eigenvalue weighted by atomic mass is 9.75. The Kier molecular flexibility index (Phi) is 1.29. The van der Waals surface area contributed by atoms with E-state index in [2.05, 4.69) is 4.90 Å². The quantitative estimate of drug-likeness (QED) is 0.485. The molecule has 2 heterocycles. The Hall–Kier alpha value is 0.0249. The average molecular weight is 121 g/mol. The third kappa shape index (κ3) is 0.726. The van der Waals surface area contributed by atoms with Gasteiger partial charge < -0.3 is 0 Å². The summed E-state index contributed by atoms with van der Waals surface area (Å²) in [6.45, 7) is 2.69. The molecule has 0 aromatic carbocycles. The molecule has 2 heteroatoms. The van der Waals surface area contributed by atoms with Gasteiger partial charge in [0.2, 0.25) is 0 Å². The highest BCUT2D eigenvalue weighted by Crippen LogP contribution is 2.37. The molecule has 1 nitrogen and oxygen atoms in total. The topological polar surface area (TPSA) is 3.24 Å². The largest absolute Gasteiger partial charge is 0.300 e. The van der Waals surface area contributed by atoms with Crippen molar-refractivity contribution in [2.75, 3.05) is 13.1 Å². The van der Waals surface area contributed by atoms with E-state index in [9.17, 15) is 0 Å². The zero-order chi connectivity index (χ0) is 6.27. The summed E-state index contributed by atoms with van der Waals surface area (Å²) in [6.07, 6.45) is 3.57. The van der Waals surface area contributed by atoms with Gasteiger partial charge in [0.05, 0.1) is 7.85 Å². The van der Waals surface area contributed by atoms with Gasteiger partial charge in [-0.2, -0.15) is 0 Å². The maximum atomic E-state index is 5.45. The Bertz CT molecular complexity index is 113. The van der Waals surface area contributed by atoms with Crippen molar-refractivity contribution in [2.24, 2.45) is 5.92 Å². The molecular weight excluding hydrogens is 109 g/mol. The fourth-order valence-corrected chi connectivity index (χ4v) is 2.00. The maximum Gasteiger partial charge on any atom is 0.0653 e. The molecule has 0 aromatic heterocycles. The van der Waals surface area contributed by atoms with Crippen LogP contribution in [0.25, 0.3) is 0 Å². The molecule has 0 amide bonds. The van der Waals surface area contributed by atoms with Gasteiger partial charge in [-0.25, -0.2) is 0 Å². The van der Waals surface area contributed by atoms with E-state index in [1.807, 2.05) is 0 Å². The normalized spacial score (nSPS) is 40.9. The van der Waals surface area contributed by atoms with Crippen LogP contribution in [0.3, 0.4) is 0 Å². The molecule has 48 valence electrons. The smallest absolute Gasteiger partial charge is 0.0653 e. The van der Waals surface area contributed by atoms with Crippen molar-refractivity contribution in [3.63, 3.8) is 0 Å². The summed E-state index contributed by atoms with van der Waals surface area (Å²) in [5.41, 5.74) is 0. The minimum atomic E-state index is 0.884. The van der Waals surface area contributed by atoms with Crippen LogP contribution in [-0.2, 0) is 0 Å². The third-order valence-electron chi connectivity index (χ3n) is 2.73. The van der Waals surface area contributed by atoms with Gasteiger partial charge in [0, 0.05) is 12.6 Å². The Morgan fingerprint density at radius 3 is 2.78 bits per heavy atom. The lowest BCUT2D eigenvalue weighted by molar-refractivity contribution is -0.0672. The monoisotopic (exact) mass is 121 g/mol. The van der Waals surface area contributed by atoms with Crippen molar-refractivity contribution in [1.82, 2.24) is 4.90 Å². The van der Waals surface area contributed by atoms with Crippen LogP contribution in [-0.4, -0.2) is 31.9 Å². The van der Waals surface area contributed by atoms with E-state index in [0.717, 1.165) is 18.3 Å². The predicted octanol–water partition coefficient (Wildman–Crippen LogP) is 0.667. The van der Waals surface area contributed by atoms with Crippen LogP contribution in [0.5, 0.6) is 0 Å². The summed E-state index contributed by atoms with van der Waals surface area (Å²) < 4.78 is 0. The number of hydrogen-bond donors (Lipinski definition) is 0. The Labute approximate surface area is 57.8 Å². The molecule has 0 bridgehead atoms. The highest BCUT2D eigenvalue weighted by Gasteiger charge is 2.43. The van der Waals surface area contributed by atoms with Crippen LogP contribution in [0.15, 0.2) is 0 Å². The van der Waals surface area contributed by atoms with Gasteiger partial charge in [-0.15, -0.1) is 0 Å². The molecule has 0 N–H and O–H groups in total. The van der Waals surface area contributed by atoms with Gasteiger partial charge in [-0.1, -0.05) is 12.7 Å². The van der Waals surface area contributed by atoms with Crippen LogP contribution in [0.1, 0.15) is 12.8 Å². The highest BCUT2D eigenvalue weighted by atomic mass is 15.3. The number of nitrogens with zero attached hydrogens (tertiary/aromatic N) is 1. The van der Waals surface area contributed by atoms with Crippen molar-refractivity contribution in [1.29, 1.82) is 0 Å². The summed E-state index contributed by atoms with van der Waals surface area (Å²) in [6, 6.07) is 0.952. The molecular formula is C7H12BN. The van der Waals surface area contributed by atoms with E-state index < -0.39 is 0 Å². The van der Waals surface area contributed by atoms with Crippen LogP contribution in [0, 0.1) is 5.92 Å². The third-order valence-corrected chi connectivity index (χ3v) is 2.73. The molecule has 2 saturated heterocycles. The number of piperidine rings is 1. The second-order valence-electron chi connectivity index (χ2n) is 3.19. The Morgan fingerprint density at radius 1 is 1.56 bits per heavy atom. The van der Waals surface area contributed by atoms with Gasteiger partial charge >= 0.3 is 0 Å². The summed E-state index contributed by atoms with van der Waals surface area (Å²) in [5, 5.41) is 0. The molecule has 9 heavy (non-hydrogen) atoms. The van der Waals surface area contributed by atoms with Gasteiger partial charge in [-0.3, -0.25) is 4.90 Å². The van der Waals surface area contributed by atoms with Crippen molar-refractivity contribution >= 4 is 7.85 Å². The molecule has 2 radical (unpaired) electrons. The van der Waals surface area contributed by atoms with Crippen LogP contribution in [0.2, 0.25) is 6.32 Å². The first-order valence-electron chi connectivity index (χ1n) is 3.86. The van der Waals surface area contributed by atoms with Gasteiger partial charge in [0.1, 0.15) is 0 Å². The number of hydrogen-bond acceptors (Lipinski definition) is 1. The standard InChI is InChI=1S/C7H12BN/c8-3-1-6-5-9-4-2-7(6)9/h6-7H,1-5H2. The molecule has 2 unspecified atom stereocenters. The van der Waals surface area contributed by atoms with Crippen LogP contribution < -0.4 is 0 Å². The van der Waals surface area contributed by atoms with Crippen molar-refractivity contribution in [3.8, 4) is 0 Å². The minimum absolute atomic E-state index is 0.884. The SMILES string of the molecule is [B]CCC1CN2CCC12. The predicted molar refractivity (Wildman–Crippen MR) is 38.6 cm³/mol. The van der Waals surface area contributed by atoms with Crippen LogP contribution >= 0.6 is 0 Å². The Balaban J connectivity index is 1.77. The summed E-state index contributed by atoms with van der Waals surface area (Å²) >= 11 is 0. The molecule has 2 fully saturated rings. The fourth-order valence-electron chi connectivity index (χ4n) is 2.00. The molecule has 2 atom stereocenters. The molecule has 0 aliphatic carbocycles. The lowest BCUT2D eigenvalue weighted by Crippen LogP contribution is -2.64. The van der Waals surface area contributed by atoms with Gasteiger partial charge in [0.15, 0.2) is 0 Å². The number of fused-ring (bicyclic) bond motifs is 1. The highest BCUT2D eigenvalue weighted by molar-refractivity contribution is 6.08. The van der Waals surface area contributed by atoms with E-state index in [-0.39, 0.29) is 0 Å². The molecule has 0 saturated carbocycles. The van der Waals surface area contributed by atoms with Gasteiger partial charge in [-0.05, 0) is 18.9 Å². The summed E-state index contributed by atoms with van der Waals surface area (Å²) in [5.74, 6) is 0.962. The second-order valence-corrected chi connectivity index (χ2v) is 3.19. The number of rotatable bonds is 2. The van der Waals surface area contributed by atoms with E-state index in [4.69, 9.17) is 7.85 Å². The molecule has 2 aliphatic rings. The summed E-state index contributed by atoms with van der Waals surface area (Å²) in [4.78, 5) is 2.54. The van der Waals surface area contributed by atoms with E-state index in [0.29, 0.717) is 0 Å². The zero-order valence-corrected chi connectivity index (χ0v) is 5.71. The first-order chi connectivity index (χ1) is 4.42. The van der Waals surface area contributed by atoms with E-state index in [1.54, 1.807) is 0 Å². The van der Waals surface area contributed by atoms with Crippen molar-refractivity contribution in [2.45, 2.75) is 25.2 Å². The molecule has 2 aliphatic heterocycles. The second kappa shape index (κ2) is 2.01. The molecule has 0 aromatic rings. The molecule has 0 spiro atoms. The van der Waals surface area contributed by atoms with Gasteiger partial charge in [0.25, 0.3) is 0 Å². The first kappa shape index (κ1) is 5.78. The first-order valence-corrected chi connectivity index (χ1v) is 3.86. The maximum absolute atomic E-state index is 5.45. The van der Waals surface area contributed by atoms with E-state index >= 15 is 0 Å².